The van der Waals surface area contributed by atoms with Crippen LogP contribution in [0.2, 0.25) is 0 Å². The lowest BCUT2D eigenvalue weighted by atomic mass is 9.91. The zero-order valence-electron chi connectivity index (χ0n) is 20.3. The SMILES string of the molecule is O=C(NC(Cc1ccccc1)C(=O)Oc1ccc2c3c(c(=O)oc2c1)CCCC3)OCc1ccccc1. The number of fused-ring (bicyclic) bond motifs is 3. The van der Waals surface area contributed by atoms with E-state index in [-0.39, 0.29) is 24.4 Å². The number of benzene rings is 3. The maximum Gasteiger partial charge on any atom is 0.408 e. The first-order valence-electron chi connectivity index (χ1n) is 12.4. The molecule has 0 fully saturated rings. The van der Waals surface area contributed by atoms with Gasteiger partial charge in [0.1, 0.15) is 24.0 Å². The maximum absolute atomic E-state index is 13.2. The summed E-state index contributed by atoms with van der Waals surface area (Å²) in [5.41, 5.74) is 3.48. The minimum absolute atomic E-state index is 0.0772. The first-order valence-corrected chi connectivity index (χ1v) is 12.4. The zero-order chi connectivity index (χ0) is 25.6. The highest BCUT2D eigenvalue weighted by Gasteiger charge is 2.25. The summed E-state index contributed by atoms with van der Waals surface area (Å²) in [6.45, 7) is 0.0772. The van der Waals surface area contributed by atoms with Crippen molar-refractivity contribution in [1.29, 1.82) is 0 Å². The second kappa shape index (κ2) is 11.1. The molecule has 37 heavy (non-hydrogen) atoms. The molecule has 0 aliphatic heterocycles. The molecule has 188 valence electrons. The van der Waals surface area contributed by atoms with Gasteiger partial charge in [0.25, 0.3) is 0 Å². The average molecular weight is 498 g/mol. The second-order valence-corrected chi connectivity index (χ2v) is 9.08. The van der Waals surface area contributed by atoms with Crippen molar-refractivity contribution in [2.24, 2.45) is 0 Å². The number of carbonyl (C=O) groups is 2. The number of nitrogens with one attached hydrogen (secondary N) is 1. The number of alkyl carbamates (subject to hydrolysis) is 1. The van der Waals surface area contributed by atoms with Crippen molar-refractivity contribution in [1.82, 2.24) is 5.32 Å². The molecule has 0 spiro atoms. The summed E-state index contributed by atoms with van der Waals surface area (Å²) in [5, 5.41) is 3.49. The number of amides is 1. The second-order valence-electron chi connectivity index (χ2n) is 9.08. The van der Waals surface area contributed by atoms with Crippen LogP contribution in [0.5, 0.6) is 5.75 Å². The van der Waals surface area contributed by atoms with Gasteiger partial charge in [-0.3, -0.25) is 0 Å². The molecular weight excluding hydrogens is 470 g/mol. The van der Waals surface area contributed by atoms with Crippen LogP contribution in [0.25, 0.3) is 11.0 Å². The summed E-state index contributed by atoms with van der Waals surface area (Å²) in [6, 6.07) is 22.7. The highest BCUT2D eigenvalue weighted by molar-refractivity contribution is 5.86. The minimum Gasteiger partial charge on any atom is -0.445 e. The van der Waals surface area contributed by atoms with Crippen molar-refractivity contribution in [3.8, 4) is 5.75 Å². The number of rotatable bonds is 7. The maximum atomic E-state index is 13.2. The fourth-order valence-electron chi connectivity index (χ4n) is 4.63. The summed E-state index contributed by atoms with van der Waals surface area (Å²) in [4.78, 5) is 38.2. The van der Waals surface area contributed by atoms with E-state index < -0.39 is 18.1 Å². The molecule has 0 radical (unpaired) electrons. The molecule has 1 heterocycles. The molecule has 1 aromatic heterocycles. The van der Waals surface area contributed by atoms with Gasteiger partial charge in [0.15, 0.2) is 0 Å². The molecule has 0 saturated carbocycles. The molecule has 4 aromatic rings. The first kappa shape index (κ1) is 24.3. The van der Waals surface area contributed by atoms with E-state index in [2.05, 4.69) is 5.32 Å². The van der Waals surface area contributed by atoms with Crippen molar-refractivity contribution >= 4 is 23.0 Å². The molecular formula is C30H27NO6. The van der Waals surface area contributed by atoms with Crippen molar-refractivity contribution in [2.45, 2.75) is 44.8 Å². The van der Waals surface area contributed by atoms with Crippen LogP contribution in [0.15, 0.2) is 88.1 Å². The lowest BCUT2D eigenvalue weighted by Gasteiger charge is -2.18. The van der Waals surface area contributed by atoms with Crippen LogP contribution in [-0.2, 0) is 35.4 Å². The molecule has 1 N–H and O–H groups in total. The Kier molecular flexibility index (Phi) is 7.31. The highest BCUT2D eigenvalue weighted by Crippen LogP contribution is 2.29. The van der Waals surface area contributed by atoms with Gasteiger partial charge in [-0.05, 0) is 54.5 Å². The van der Waals surface area contributed by atoms with Crippen molar-refractivity contribution in [3.05, 3.63) is 112 Å². The van der Waals surface area contributed by atoms with Crippen LogP contribution >= 0.6 is 0 Å². The van der Waals surface area contributed by atoms with Crippen LogP contribution in [-0.4, -0.2) is 18.1 Å². The smallest absolute Gasteiger partial charge is 0.408 e. The van der Waals surface area contributed by atoms with E-state index in [0.717, 1.165) is 53.3 Å². The molecule has 0 saturated heterocycles. The minimum atomic E-state index is -0.989. The largest absolute Gasteiger partial charge is 0.445 e. The summed E-state index contributed by atoms with van der Waals surface area (Å²) in [6.07, 6.45) is 3.04. The van der Waals surface area contributed by atoms with E-state index in [9.17, 15) is 14.4 Å². The number of ether oxygens (including phenoxy) is 2. The van der Waals surface area contributed by atoms with E-state index in [1.54, 1.807) is 12.1 Å². The third-order valence-electron chi connectivity index (χ3n) is 6.49. The van der Waals surface area contributed by atoms with Gasteiger partial charge in [-0.1, -0.05) is 60.7 Å². The van der Waals surface area contributed by atoms with Crippen molar-refractivity contribution < 1.29 is 23.5 Å². The van der Waals surface area contributed by atoms with Gasteiger partial charge in [-0.25, -0.2) is 14.4 Å². The number of aryl methyl sites for hydroxylation is 1. The molecule has 1 unspecified atom stereocenters. The summed E-state index contributed by atoms with van der Waals surface area (Å²) >= 11 is 0. The van der Waals surface area contributed by atoms with Gasteiger partial charge in [0.05, 0.1) is 0 Å². The molecule has 7 nitrogen and oxygen atoms in total. The standard InChI is InChI=1S/C30H27NO6/c32-28-25-14-8-7-13-23(25)24-16-15-22(18-27(24)37-28)36-29(33)26(17-20-9-3-1-4-10-20)31-30(34)35-19-21-11-5-2-6-12-21/h1-6,9-12,15-16,18,26H,7-8,13-14,17,19H2,(H,31,34). The van der Waals surface area contributed by atoms with Gasteiger partial charge in [0.2, 0.25) is 0 Å². The zero-order valence-corrected chi connectivity index (χ0v) is 20.3. The Morgan fingerprint density at radius 2 is 1.54 bits per heavy atom. The van der Waals surface area contributed by atoms with Crippen molar-refractivity contribution in [2.75, 3.05) is 0 Å². The fourth-order valence-corrected chi connectivity index (χ4v) is 4.63. The Hall–Kier alpha value is -4.39. The van der Waals surface area contributed by atoms with Gasteiger partial charge < -0.3 is 19.2 Å². The van der Waals surface area contributed by atoms with E-state index >= 15 is 0 Å². The van der Waals surface area contributed by atoms with Crippen LogP contribution < -0.4 is 15.7 Å². The Bertz CT molecular complexity index is 1460. The number of esters is 1. The van der Waals surface area contributed by atoms with Gasteiger partial charge in [-0.15, -0.1) is 0 Å². The number of hydrogen-bond acceptors (Lipinski definition) is 6. The molecule has 1 aliphatic rings. The van der Waals surface area contributed by atoms with E-state index in [1.807, 2.05) is 66.7 Å². The Morgan fingerprint density at radius 1 is 0.865 bits per heavy atom. The average Bonchev–Trinajstić information content (AvgIpc) is 2.93. The third-order valence-corrected chi connectivity index (χ3v) is 6.49. The number of hydrogen-bond donors (Lipinski definition) is 1. The fraction of sp³-hybridized carbons (Fsp3) is 0.233. The molecule has 1 amide bonds. The normalized spacial score (nSPS) is 13.4. The van der Waals surface area contributed by atoms with Crippen LogP contribution in [0.1, 0.15) is 35.1 Å². The van der Waals surface area contributed by atoms with Gasteiger partial charge in [0, 0.05) is 23.4 Å². The first-order chi connectivity index (χ1) is 18.1. The molecule has 0 bridgehead atoms. The Morgan fingerprint density at radius 3 is 2.27 bits per heavy atom. The van der Waals surface area contributed by atoms with Crippen molar-refractivity contribution in [3.63, 3.8) is 0 Å². The molecule has 1 aliphatic carbocycles. The molecule has 5 rings (SSSR count). The van der Waals surface area contributed by atoms with E-state index in [4.69, 9.17) is 13.9 Å². The third kappa shape index (κ3) is 5.89. The van der Waals surface area contributed by atoms with Crippen LogP contribution in [0.4, 0.5) is 4.79 Å². The van der Waals surface area contributed by atoms with Crippen LogP contribution in [0, 0.1) is 0 Å². The lowest BCUT2D eigenvalue weighted by molar-refractivity contribution is -0.136. The van der Waals surface area contributed by atoms with Gasteiger partial charge >= 0.3 is 17.7 Å². The lowest BCUT2D eigenvalue weighted by Crippen LogP contribution is -2.44. The van der Waals surface area contributed by atoms with E-state index in [0.29, 0.717) is 5.58 Å². The summed E-state index contributed by atoms with van der Waals surface area (Å²) in [5.74, 6) is -0.422. The molecule has 1 atom stereocenters. The predicted octanol–water partition coefficient (Wildman–Crippen LogP) is 5.11. The summed E-state index contributed by atoms with van der Waals surface area (Å²) in [7, 11) is 0. The van der Waals surface area contributed by atoms with Gasteiger partial charge in [-0.2, -0.15) is 0 Å². The Labute approximate surface area is 214 Å². The Balaban J connectivity index is 1.33. The highest BCUT2D eigenvalue weighted by atomic mass is 16.6. The number of carbonyl (C=O) groups excluding carboxylic acids is 2. The monoisotopic (exact) mass is 497 g/mol. The van der Waals surface area contributed by atoms with E-state index in [1.165, 1.54) is 0 Å². The summed E-state index contributed by atoms with van der Waals surface area (Å²) < 4.78 is 16.5. The molecule has 3 aromatic carbocycles. The van der Waals surface area contributed by atoms with Crippen LogP contribution in [0.3, 0.4) is 0 Å². The topological polar surface area (TPSA) is 94.8 Å². The quantitative estimate of drug-likeness (QED) is 0.217. The molecule has 7 heteroatoms. The predicted molar refractivity (Wildman–Crippen MR) is 138 cm³/mol.